The summed E-state index contributed by atoms with van der Waals surface area (Å²) in [5.41, 5.74) is 4.18. The Kier molecular flexibility index (Phi) is 9.13. The van der Waals surface area contributed by atoms with Crippen LogP contribution in [-0.4, -0.2) is 34.7 Å². The highest BCUT2D eigenvalue weighted by atomic mass is 16.1. The van der Waals surface area contributed by atoms with Crippen LogP contribution >= 0.6 is 0 Å². The predicted octanol–water partition coefficient (Wildman–Crippen LogP) is 4.16. The molecule has 7 heteroatoms. The molecule has 0 spiro atoms. The Morgan fingerprint density at radius 1 is 1.16 bits per heavy atom. The van der Waals surface area contributed by atoms with Gasteiger partial charge in [-0.2, -0.15) is 5.10 Å². The van der Waals surface area contributed by atoms with Gasteiger partial charge < -0.3 is 16.0 Å². The van der Waals surface area contributed by atoms with Gasteiger partial charge in [0.25, 0.3) is 0 Å². The Morgan fingerprint density at radius 3 is 2.69 bits per heavy atom. The molecular formula is C25H38N6O. The van der Waals surface area contributed by atoms with Crippen molar-refractivity contribution in [2.75, 3.05) is 18.4 Å². The maximum absolute atomic E-state index is 12.5. The summed E-state index contributed by atoms with van der Waals surface area (Å²) in [4.78, 5) is 17.3. The number of benzene rings is 1. The number of rotatable bonds is 9. The van der Waals surface area contributed by atoms with Gasteiger partial charge in [0.05, 0.1) is 12.2 Å². The van der Waals surface area contributed by atoms with Gasteiger partial charge >= 0.3 is 0 Å². The highest BCUT2D eigenvalue weighted by Gasteiger charge is 2.21. The van der Waals surface area contributed by atoms with Crippen molar-refractivity contribution in [1.29, 1.82) is 0 Å². The minimum atomic E-state index is 0.156. The fourth-order valence-electron chi connectivity index (χ4n) is 4.21. The summed E-state index contributed by atoms with van der Waals surface area (Å²) in [6.45, 7) is 9.24. The minimum Gasteiger partial charge on any atom is -0.357 e. The Labute approximate surface area is 192 Å². The molecule has 32 heavy (non-hydrogen) atoms. The second kappa shape index (κ2) is 12.3. The average molecular weight is 439 g/mol. The number of nitrogens with zero attached hydrogens (tertiary/aromatic N) is 3. The van der Waals surface area contributed by atoms with Gasteiger partial charge in [-0.15, -0.1) is 0 Å². The highest BCUT2D eigenvalue weighted by molar-refractivity contribution is 5.92. The van der Waals surface area contributed by atoms with Crippen LogP contribution in [0.3, 0.4) is 0 Å². The zero-order valence-corrected chi connectivity index (χ0v) is 19.8. The van der Waals surface area contributed by atoms with Crippen molar-refractivity contribution in [2.45, 2.75) is 72.4 Å². The zero-order valence-electron chi connectivity index (χ0n) is 19.8. The molecule has 2 aromatic rings. The number of nitrogens with one attached hydrogen (secondary N) is 3. The van der Waals surface area contributed by atoms with E-state index in [1.807, 2.05) is 35.9 Å². The molecule has 1 aromatic heterocycles. The molecule has 1 amide bonds. The third-order valence-electron chi connectivity index (χ3n) is 5.88. The number of aliphatic imine (C=N–C) groups is 1. The molecule has 7 nitrogen and oxygen atoms in total. The molecule has 0 bridgehead atoms. The van der Waals surface area contributed by atoms with E-state index in [0.717, 1.165) is 74.6 Å². The predicted molar refractivity (Wildman–Crippen MR) is 131 cm³/mol. The molecule has 0 saturated heterocycles. The van der Waals surface area contributed by atoms with Crippen LogP contribution in [0.25, 0.3) is 0 Å². The van der Waals surface area contributed by atoms with E-state index >= 15 is 0 Å². The zero-order chi connectivity index (χ0) is 22.8. The summed E-state index contributed by atoms with van der Waals surface area (Å²) in [6.07, 6.45) is 6.56. The number of aromatic nitrogens is 2. The van der Waals surface area contributed by atoms with Crippen LogP contribution < -0.4 is 16.0 Å². The van der Waals surface area contributed by atoms with Gasteiger partial charge in [-0.3, -0.25) is 9.48 Å². The average Bonchev–Trinajstić information content (AvgIpc) is 3.12. The standard InChI is InChI=1S/C25H38N6O/c1-4-26-25(27-14-9-15-31-20(3)16-19(2)30-31)28-18-21-10-8-13-23(17-21)29-24(32)22-11-6-5-7-12-22/h8,10,13,16-17,22H,4-7,9,11-12,14-15,18H2,1-3H3,(H,29,32)(H2,26,27,28). The van der Waals surface area contributed by atoms with Gasteiger partial charge in [-0.05, 0) is 63.8 Å². The topological polar surface area (TPSA) is 83.3 Å². The molecule has 1 aliphatic carbocycles. The Morgan fingerprint density at radius 2 is 1.97 bits per heavy atom. The molecule has 174 valence electrons. The number of carbonyl (C=O) groups is 1. The number of aryl methyl sites for hydroxylation is 3. The lowest BCUT2D eigenvalue weighted by molar-refractivity contribution is -0.120. The first-order valence-electron chi connectivity index (χ1n) is 12.0. The van der Waals surface area contributed by atoms with E-state index in [1.165, 1.54) is 12.1 Å². The van der Waals surface area contributed by atoms with Gasteiger partial charge in [0, 0.05) is 36.9 Å². The molecule has 1 aromatic carbocycles. The summed E-state index contributed by atoms with van der Waals surface area (Å²) in [6, 6.07) is 10.1. The van der Waals surface area contributed by atoms with Crippen molar-refractivity contribution in [3.05, 3.63) is 47.3 Å². The van der Waals surface area contributed by atoms with Crippen LogP contribution in [0.1, 0.15) is 62.4 Å². The maximum atomic E-state index is 12.5. The van der Waals surface area contributed by atoms with E-state index in [0.29, 0.717) is 6.54 Å². The normalized spacial score (nSPS) is 14.9. The van der Waals surface area contributed by atoms with Crippen LogP contribution in [0.4, 0.5) is 5.69 Å². The minimum absolute atomic E-state index is 0.156. The largest absolute Gasteiger partial charge is 0.357 e. The van der Waals surface area contributed by atoms with Gasteiger partial charge in [-0.25, -0.2) is 4.99 Å². The van der Waals surface area contributed by atoms with Crippen molar-refractivity contribution in [3.8, 4) is 0 Å². The number of hydrogen-bond acceptors (Lipinski definition) is 3. The second-order valence-electron chi connectivity index (χ2n) is 8.65. The molecule has 0 aliphatic heterocycles. The fourth-order valence-corrected chi connectivity index (χ4v) is 4.21. The summed E-state index contributed by atoms with van der Waals surface area (Å²) in [5, 5.41) is 14.3. The first kappa shape index (κ1) is 23.8. The Hall–Kier alpha value is -2.83. The van der Waals surface area contributed by atoms with Crippen LogP contribution in [0.2, 0.25) is 0 Å². The summed E-state index contributed by atoms with van der Waals surface area (Å²) >= 11 is 0. The SMILES string of the molecule is CCNC(=NCc1cccc(NC(=O)C2CCCCC2)c1)NCCCn1nc(C)cc1C. The first-order valence-corrected chi connectivity index (χ1v) is 12.0. The quantitative estimate of drug-likeness (QED) is 0.312. The first-order chi connectivity index (χ1) is 15.5. The van der Waals surface area contributed by atoms with E-state index in [-0.39, 0.29) is 11.8 Å². The van der Waals surface area contributed by atoms with E-state index in [1.54, 1.807) is 0 Å². The molecule has 3 rings (SSSR count). The van der Waals surface area contributed by atoms with Gasteiger partial charge in [0.15, 0.2) is 5.96 Å². The molecule has 1 aliphatic rings. The van der Waals surface area contributed by atoms with Crippen LogP contribution in [-0.2, 0) is 17.9 Å². The van der Waals surface area contributed by atoms with Crippen LogP contribution in [0.15, 0.2) is 35.3 Å². The molecule has 1 saturated carbocycles. The molecule has 0 atom stereocenters. The van der Waals surface area contributed by atoms with E-state index in [4.69, 9.17) is 4.99 Å². The van der Waals surface area contributed by atoms with Crippen molar-refractivity contribution < 1.29 is 4.79 Å². The number of guanidine groups is 1. The Balaban J connectivity index is 1.49. The monoisotopic (exact) mass is 438 g/mol. The van der Waals surface area contributed by atoms with Crippen LogP contribution in [0, 0.1) is 19.8 Å². The molecule has 3 N–H and O–H groups in total. The van der Waals surface area contributed by atoms with Gasteiger partial charge in [0.1, 0.15) is 0 Å². The summed E-state index contributed by atoms with van der Waals surface area (Å²) in [7, 11) is 0. The van der Waals surface area contributed by atoms with Crippen molar-refractivity contribution in [1.82, 2.24) is 20.4 Å². The molecule has 0 unspecified atom stereocenters. The fraction of sp³-hybridized carbons (Fsp3) is 0.560. The van der Waals surface area contributed by atoms with Gasteiger partial charge in [0.2, 0.25) is 5.91 Å². The lowest BCUT2D eigenvalue weighted by atomic mass is 9.88. The molecule has 1 heterocycles. The number of carbonyl (C=O) groups excluding carboxylic acids is 1. The third-order valence-corrected chi connectivity index (χ3v) is 5.88. The third kappa shape index (κ3) is 7.39. The second-order valence-corrected chi connectivity index (χ2v) is 8.65. The van der Waals surface area contributed by atoms with E-state index in [9.17, 15) is 4.79 Å². The van der Waals surface area contributed by atoms with Crippen molar-refractivity contribution in [2.24, 2.45) is 10.9 Å². The smallest absolute Gasteiger partial charge is 0.227 e. The maximum Gasteiger partial charge on any atom is 0.227 e. The van der Waals surface area contributed by atoms with Gasteiger partial charge in [-0.1, -0.05) is 31.4 Å². The Bertz CT molecular complexity index is 898. The lowest BCUT2D eigenvalue weighted by Gasteiger charge is -2.20. The summed E-state index contributed by atoms with van der Waals surface area (Å²) < 4.78 is 2.05. The molecule has 0 radical (unpaired) electrons. The number of hydrogen-bond donors (Lipinski definition) is 3. The van der Waals surface area contributed by atoms with E-state index < -0.39 is 0 Å². The van der Waals surface area contributed by atoms with Crippen molar-refractivity contribution >= 4 is 17.6 Å². The molecular weight excluding hydrogens is 400 g/mol. The number of amides is 1. The summed E-state index contributed by atoms with van der Waals surface area (Å²) in [5.74, 6) is 1.12. The van der Waals surface area contributed by atoms with Crippen molar-refractivity contribution in [3.63, 3.8) is 0 Å². The highest BCUT2D eigenvalue weighted by Crippen LogP contribution is 2.25. The van der Waals surface area contributed by atoms with Crippen LogP contribution in [0.5, 0.6) is 0 Å². The lowest BCUT2D eigenvalue weighted by Crippen LogP contribution is -2.38. The van der Waals surface area contributed by atoms with E-state index in [2.05, 4.69) is 41.0 Å². The molecule has 1 fully saturated rings. The number of anilines is 1.